The van der Waals surface area contributed by atoms with Crippen molar-refractivity contribution < 1.29 is 13.2 Å². The minimum absolute atomic E-state index is 0.154. The third kappa shape index (κ3) is 4.39. The number of nitrogens with one attached hydrogen (secondary N) is 2. The van der Waals surface area contributed by atoms with Gasteiger partial charge in [-0.1, -0.05) is 30.3 Å². The topological polar surface area (TPSA) is 101 Å². The Kier molecular flexibility index (Phi) is 4.41. The van der Waals surface area contributed by atoms with Crippen LogP contribution in [0.25, 0.3) is 0 Å². The van der Waals surface area contributed by atoms with Crippen LogP contribution in [0.4, 0.5) is 0 Å². The fourth-order valence-electron chi connectivity index (χ4n) is 1.05. The Morgan fingerprint density at radius 1 is 1.25 bits per heavy atom. The van der Waals surface area contributed by atoms with Crippen LogP contribution in [0.3, 0.4) is 0 Å². The highest BCUT2D eigenvalue weighted by Gasteiger charge is 2.14. The van der Waals surface area contributed by atoms with Gasteiger partial charge in [0, 0.05) is 6.54 Å². The quantitative estimate of drug-likeness (QED) is 0.354. The highest BCUT2D eigenvalue weighted by atomic mass is 32.2. The molecule has 0 aliphatic rings. The maximum Gasteiger partial charge on any atom is 0.250 e. The van der Waals surface area contributed by atoms with Gasteiger partial charge in [0.1, 0.15) is 5.75 Å². The van der Waals surface area contributed by atoms with Crippen molar-refractivity contribution in [2.24, 2.45) is 5.84 Å². The van der Waals surface area contributed by atoms with Gasteiger partial charge in [0.25, 0.3) is 0 Å². The summed E-state index contributed by atoms with van der Waals surface area (Å²) in [5.74, 6) is 3.37. The van der Waals surface area contributed by atoms with Gasteiger partial charge in [-0.2, -0.15) is 0 Å². The van der Waals surface area contributed by atoms with Gasteiger partial charge in [0.2, 0.25) is 15.9 Å². The van der Waals surface area contributed by atoms with E-state index in [2.05, 4.69) is 4.72 Å². The molecule has 1 aromatic rings. The van der Waals surface area contributed by atoms with E-state index in [1.165, 1.54) is 0 Å². The van der Waals surface area contributed by atoms with Crippen molar-refractivity contribution in [1.29, 1.82) is 0 Å². The van der Waals surface area contributed by atoms with Gasteiger partial charge < -0.3 is 0 Å². The van der Waals surface area contributed by atoms with E-state index in [0.29, 0.717) is 0 Å². The van der Waals surface area contributed by atoms with Crippen molar-refractivity contribution in [3.05, 3.63) is 35.9 Å². The SMILES string of the molecule is NNC(=O)CS(=O)(=O)NCc1ccccc1. The summed E-state index contributed by atoms with van der Waals surface area (Å²) in [5.41, 5.74) is 2.58. The second-order valence-corrected chi connectivity index (χ2v) is 4.94. The van der Waals surface area contributed by atoms with Gasteiger partial charge in [-0.05, 0) is 5.56 Å². The minimum Gasteiger partial charge on any atom is -0.293 e. The maximum atomic E-state index is 11.3. The minimum atomic E-state index is -3.63. The van der Waals surface area contributed by atoms with Crippen molar-refractivity contribution >= 4 is 15.9 Å². The third-order valence-corrected chi connectivity index (χ3v) is 3.05. The molecule has 0 saturated carbocycles. The van der Waals surface area contributed by atoms with Gasteiger partial charge in [-0.25, -0.2) is 19.0 Å². The van der Waals surface area contributed by atoms with Crippen LogP contribution < -0.4 is 16.0 Å². The molecule has 0 aliphatic carbocycles. The van der Waals surface area contributed by atoms with Crippen molar-refractivity contribution in [2.45, 2.75) is 6.54 Å². The van der Waals surface area contributed by atoms with Gasteiger partial charge in [0.15, 0.2) is 0 Å². The molecule has 0 spiro atoms. The Hall–Kier alpha value is -1.44. The lowest BCUT2D eigenvalue weighted by atomic mass is 10.2. The second kappa shape index (κ2) is 5.59. The number of hydrogen-bond acceptors (Lipinski definition) is 4. The molecule has 16 heavy (non-hydrogen) atoms. The van der Waals surface area contributed by atoms with Crippen LogP contribution in [0.5, 0.6) is 0 Å². The van der Waals surface area contributed by atoms with E-state index in [9.17, 15) is 13.2 Å². The van der Waals surface area contributed by atoms with Gasteiger partial charge in [-0.15, -0.1) is 0 Å². The predicted octanol–water partition coefficient (Wildman–Crippen LogP) is -0.904. The number of rotatable bonds is 5. The standard InChI is InChI=1S/C9H13N3O3S/c10-12-9(13)7-16(14,15)11-6-8-4-2-1-3-5-8/h1-5,11H,6-7,10H2,(H,12,13). The normalized spacial score (nSPS) is 11.1. The molecule has 0 saturated heterocycles. The molecule has 6 nitrogen and oxygen atoms in total. The Morgan fingerprint density at radius 2 is 1.88 bits per heavy atom. The molecule has 1 aromatic carbocycles. The summed E-state index contributed by atoms with van der Waals surface area (Å²) in [6.45, 7) is 0.154. The molecule has 0 aliphatic heterocycles. The lowest BCUT2D eigenvalue weighted by molar-refractivity contribution is -0.118. The highest BCUT2D eigenvalue weighted by Crippen LogP contribution is 1.98. The molecule has 1 amide bonds. The number of hydrogen-bond donors (Lipinski definition) is 3. The van der Waals surface area contributed by atoms with E-state index in [0.717, 1.165) is 5.56 Å². The number of benzene rings is 1. The molecule has 0 radical (unpaired) electrons. The van der Waals surface area contributed by atoms with Crippen LogP contribution in [-0.2, 0) is 21.4 Å². The Morgan fingerprint density at radius 3 is 2.44 bits per heavy atom. The first-order chi connectivity index (χ1) is 7.53. The van der Waals surface area contributed by atoms with Crippen LogP contribution in [0.15, 0.2) is 30.3 Å². The first-order valence-electron chi connectivity index (χ1n) is 4.54. The summed E-state index contributed by atoms with van der Waals surface area (Å²) in [6, 6.07) is 9.00. The molecule has 0 bridgehead atoms. The fourth-order valence-corrected chi connectivity index (χ4v) is 1.97. The molecule has 0 aromatic heterocycles. The molecule has 4 N–H and O–H groups in total. The van der Waals surface area contributed by atoms with Gasteiger partial charge in [-0.3, -0.25) is 10.2 Å². The number of amides is 1. The number of carbonyl (C=O) groups is 1. The summed E-state index contributed by atoms with van der Waals surface area (Å²) in [5, 5.41) is 0. The molecule has 0 heterocycles. The van der Waals surface area contributed by atoms with Crippen LogP contribution in [0.1, 0.15) is 5.56 Å². The van der Waals surface area contributed by atoms with E-state index in [4.69, 9.17) is 5.84 Å². The van der Waals surface area contributed by atoms with Crippen molar-refractivity contribution in [2.75, 3.05) is 5.75 Å². The molecular weight excluding hydrogens is 230 g/mol. The molecule has 0 atom stereocenters. The lowest BCUT2D eigenvalue weighted by Crippen LogP contribution is -2.39. The summed E-state index contributed by atoms with van der Waals surface area (Å²) in [7, 11) is -3.63. The van der Waals surface area contributed by atoms with Gasteiger partial charge >= 0.3 is 0 Å². The van der Waals surface area contributed by atoms with Crippen molar-refractivity contribution in [1.82, 2.24) is 10.1 Å². The highest BCUT2D eigenvalue weighted by molar-refractivity contribution is 7.90. The fraction of sp³-hybridized carbons (Fsp3) is 0.222. The van der Waals surface area contributed by atoms with E-state index < -0.39 is 21.7 Å². The molecular formula is C9H13N3O3S. The zero-order valence-electron chi connectivity index (χ0n) is 8.51. The third-order valence-electron chi connectivity index (χ3n) is 1.82. The molecule has 7 heteroatoms. The average molecular weight is 243 g/mol. The second-order valence-electron chi connectivity index (χ2n) is 3.13. The van der Waals surface area contributed by atoms with Crippen molar-refractivity contribution in [3.63, 3.8) is 0 Å². The first-order valence-corrected chi connectivity index (χ1v) is 6.19. The Labute approximate surface area is 93.9 Å². The molecule has 88 valence electrons. The summed E-state index contributed by atoms with van der Waals surface area (Å²) >= 11 is 0. The maximum absolute atomic E-state index is 11.3. The Balaban J connectivity index is 2.52. The number of hydrazine groups is 1. The smallest absolute Gasteiger partial charge is 0.250 e. The number of nitrogens with two attached hydrogens (primary N) is 1. The van der Waals surface area contributed by atoms with E-state index in [1.807, 2.05) is 6.07 Å². The summed E-state index contributed by atoms with van der Waals surface area (Å²) in [6.07, 6.45) is 0. The van der Waals surface area contributed by atoms with E-state index >= 15 is 0 Å². The molecule has 1 rings (SSSR count). The van der Waals surface area contributed by atoms with Crippen LogP contribution in [0.2, 0.25) is 0 Å². The largest absolute Gasteiger partial charge is 0.293 e. The lowest BCUT2D eigenvalue weighted by Gasteiger charge is -2.05. The zero-order chi connectivity index (χ0) is 12.0. The van der Waals surface area contributed by atoms with E-state index in [1.54, 1.807) is 29.7 Å². The zero-order valence-corrected chi connectivity index (χ0v) is 9.33. The van der Waals surface area contributed by atoms with Crippen LogP contribution in [-0.4, -0.2) is 20.1 Å². The summed E-state index contributed by atoms with van der Waals surface area (Å²) in [4.78, 5) is 10.8. The van der Waals surface area contributed by atoms with E-state index in [-0.39, 0.29) is 6.54 Å². The predicted molar refractivity (Wildman–Crippen MR) is 59.4 cm³/mol. The first kappa shape index (κ1) is 12.6. The molecule has 0 fully saturated rings. The van der Waals surface area contributed by atoms with Gasteiger partial charge in [0.05, 0.1) is 0 Å². The summed E-state index contributed by atoms with van der Waals surface area (Å²) < 4.78 is 25.0. The average Bonchev–Trinajstić information content (AvgIpc) is 2.27. The van der Waals surface area contributed by atoms with Crippen LogP contribution in [0, 0.1) is 0 Å². The number of sulfonamides is 1. The molecule has 0 unspecified atom stereocenters. The van der Waals surface area contributed by atoms with Crippen molar-refractivity contribution in [3.8, 4) is 0 Å². The number of carbonyl (C=O) groups excluding carboxylic acids is 1. The monoisotopic (exact) mass is 243 g/mol. The Bertz CT molecular complexity index is 444. The van der Waals surface area contributed by atoms with Crippen LogP contribution >= 0.6 is 0 Å².